The van der Waals surface area contributed by atoms with E-state index in [1.165, 1.54) is 18.2 Å². The van der Waals surface area contributed by atoms with Crippen molar-refractivity contribution < 1.29 is 13.9 Å². The third-order valence-electron chi connectivity index (χ3n) is 4.06. The topological polar surface area (TPSA) is 62.1 Å². The van der Waals surface area contributed by atoms with Crippen LogP contribution >= 0.6 is 43.5 Å². The SMILES string of the molecule is N#C/C(=C\c1cc(Br)cc(Br)c1OCc1cccc(F)c1)C(=O)Nc1cccc(Cl)c1. The number of hydrogen-bond acceptors (Lipinski definition) is 3. The Morgan fingerprint density at radius 3 is 2.65 bits per heavy atom. The number of ether oxygens (including phenoxy) is 1. The zero-order valence-electron chi connectivity index (χ0n) is 15.8. The molecule has 0 atom stereocenters. The zero-order valence-corrected chi connectivity index (χ0v) is 19.8. The summed E-state index contributed by atoms with van der Waals surface area (Å²) in [6.07, 6.45) is 1.43. The molecule has 0 aliphatic rings. The van der Waals surface area contributed by atoms with Crippen LogP contribution in [0.2, 0.25) is 5.02 Å². The fraction of sp³-hybridized carbons (Fsp3) is 0.0435. The second kappa shape index (κ2) is 10.6. The molecule has 0 aromatic heterocycles. The van der Waals surface area contributed by atoms with Crippen LogP contribution in [0.25, 0.3) is 6.08 Å². The Morgan fingerprint density at radius 2 is 1.94 bits per heavy atom. The van der Waals surface area contributed by atoms with E-state index in [0.717, 1.165) is 4.47 Å². The average Bonchev–Trinajstić information content (AvgIpc) is 2.71. The van der Waals surface area contributed by atoms with Gasteiger partial charge in [0.15, 0.2) is 0 Å². The molecule has 8 heteroatoms. The lowest BCUT2D eigenvalue weighted by molar-refractivity contribution is -0.112. The molecule has 0 spiro atoms. The van der Waals surface area contributed by atoms with E-state index in [-0.39, 0.29) is 18.0 Å². The van der Waals surface area contributed by atoms with Gasteiger partial charge < -0.3 is 10.1 Å². The number of nitriles is 1. The van der Waals surface area contributed by atoms with E-state index >= 15 is 0 Å². The Labute approximate surface area is 200 Å². The molecule has 0 saturated carbocycles. The van der Waals surface area contributed by atoms with Crippen LogP contribution in [0.15, 0.2) is 75.2 Å². The standard InChI is InChI=1S/C23H14Br2ClFN2O2/c24-17-9-15(8-16(12-28)23(30)29-20-6-2-4-18(26)11-20)22(21(25)10-17)31-13-14-3-1-5-19(27)7-14/h1-11H,13H2,(H,29,30)/b16-8+. The van der Waals surface area contributed by atoms with E-state index in [1.807, 2.05) is 6.07 Å². The average molecular weight is 565 g/mol. The number of benzene rings is 3. The molecule has 0 saturated heterocycles. The highest BCUT2D eigenvalue weighted by atomic mass is 79.9. The van der Waals surface area contributed by atoms with E-state index in [0.29, 0.717) is 32.1 Å². The van der Waals surface area contributed by atoms with Crippen molar-refractivity contribution in [3.8, 4) is 11.8 Å². The highest BCUT2D eigenvalue weighted by molar-refractivity contribution is 9.11. The molecule has 0 aliphatic carbocycles. The highest BCUT2D eigenvalue weighted by Gasteiger charge is 2.15. The van der Waals surface area contributed by atoms with E-state index in [2.05, 4.69) is 37.2 Å². The third-order valence-corrected chi connectivity index (χ3v) is 5.34. The first kappa shape index (κ1) is 23.0. The lowest BCUT2D eigenvalue weighted by atomic mass is 10.1. The summed E-state index contributed by atoms with van der Waals surface area (Å²) in [5.74, 6) is -0.534. The number of amides is 1. The van der Waals surface area contributed by atoms with Gasteiger partial charge in [0.2, 0.25) is 0 Å². The van der Waals surface area contributed by atoms with Gasteiger partial charge in [0, 0.05) is 20.7 Å². The molecule has 3 rings (SSSR count). The summed E-state index contributed by atoms with van der Waals surface area (Å²) in [7, 11) is 0. The molecule has 3 aromatic rings. The van der Waals surface area contributed by atoms with Gasteiger partial charge in [-0.3, -0.25) is 4.79 Å². The molecular formula is C23H14Br2ClFN2O2. The number of nitrogens with one attached hydrogen (secondary N) is 1. The van der Waals surface area contributed by atoms with Crippen LogP contribution in [0, 0.1) is 17.1 Å². The van der Waals surface area contributed by atoms with Gasteiger partial charge in [-0.05, 0) is 70.0 Å². The lowest BCUT2D eigenvalue weighted by Gasteiger charge is -2.13. The van der Waals surface area contributed by atoms with Crippen LogP contribution in [0.4, 0.5) is 10.1 Å². The van der Waals surface area contributed by atoms with Crippen molar-refractivity contribution in [3.05, 3.63) is 97.1 Å². The first-order chi connectivity index (χ1) is 14.9. The monoisotopic (exact) mass is 562 g/mol. The minimum absolute atomic E-state index is 0.107. The predicted octanol–water partition coefficient (Wildman–Crippen LogP) is 7.13. The van der Waals surface area contributed by atoms with E-state index in [1.54, 1.807) is 48.5 Å². The van der Waals surface area contributed by atoms with Gasteiger partial charge in [0.1, 0.15) is 29.8 Å². The van der Waals surface area contributed by atoms with Gasteiger partial charge in [0.25, 0.3) is 5.91 Å². The van der Waals surface area contributed by atoms with E-state index in [9.17, 15) is 14.4 Å². The predicted molar refractivity (Wildman–Crippen MR) is 126 cm³/mol. The number of anilines is 1. The molecule has 0 heterocycles. The number of rotatable bonds is 6. The summed E-state index contributed by atoms with van der Waals surface area (Å²) in [5, 5.41) is 12.7. The van der Waals surface area contributed by atoms with Gasteiger partial charge in [-0.25, -0.2) is 4.39 Å². The van der Waals surface area contributed by atoms with Crippen molar-refractivity contribution in [2.24, 2.45) is 0 Å². The first-order valence-corrected chi connectivity index (χ1v) is 10.9. The van der Waals surface area contributed by atoms with Gasteiger partial charge in [-0.1, -0.05) is 45.7 Å². The molecule has 31 heavy (non-hydrogen) atoms. The number of carbonyl (C=O) groups is 1. The highest BCUT2D eigenvalue weighted by Crippen LogP contribution is 2.35. The van der Waals surface area contributed by atoms with Crippen molar-refractivity contribution >= 4 is 61.1 Å². The Balaban J connectivity index is 1.89. The van der Waals surface area contributed by atoms with Crippen molar-refractivity contribution in [3.63, 3.8) is 0 Å². The van der Waals surface area contributed by atoms with Crippen LogP contribution in [-0.4, -0.2) is 5.91 Å². The molecule has 0 unspecified atom stereocenters. The normalized spacial score (nSPS) is 11.0. The molecule has 0 aliphatic heterocycles. The van der Waals surface area contributed by atoms with E-state index in [4.69, 9.17) is 16.3 Å². The molecule has 0 bridgehead atoms. The van der Waals surface area contributed by atoms with Gasteiger partial charge in [-0.15, -0.1) is 0 Å². The lowest BCUT2D eigenvalue weighted by Crippen LogP contribution is -2.13. The maximum atomic E-state index is 13.4. The summed E-state index contributed by atoms with van der Waals surface area (Å²) in [4.78, 5) is 12.6. The molecule has 0 radical (unpaired) electrons. The second-order valence-corrected chi connectivity index (χ2v) is 8.57. The van der Waals surface area contributed by atoms with Gasteiger partial charge in [0.05, 0.1) is 4.47 Å². The van der Waals surface area contributed by atoms with Crippen LogP contribution < -0.4 is 10.1 Å². The summed E-state index contributed by atoms with van der Waals surface area (Å²) in [5.41, 5.74) is 1.48. The van der Waals surface area contributed by atoms with Gasteiger partial charge >= 0.3 is 0 Å². The smallest absolute Gasteiger partial charge is 0.266 e. The zero-order chi connectivity index (χ0) is 22.4. The van der Waals surface area contributed by atoms with E-state index < -0.39 is 5.91 Å². The second-order valence-electron chi connectivity index (χ2n) is 6.36. The minimum atomic E-state index is -0.586. The summed E-state index contributed by atoms with van der Waals surface area (Å²) in [6, 6.07) is 18.1. The Hall–Kier alpha value is -2.66. The van der Waals surface area contributed by atoms with Crippen LogP contribution in [0.3, 0.4) is 0 Å². The molecular weight excluding hydrogens is 551 g/mol. The van der Waals surface area contributed by atoms with Crippen molar-refractivity contribution in [1.82, 2.24) is 0 Å². The number of hydrogen-bond donors (Lipinski definition) is 1. The van der Waals surface area contributed by atoms with Crippen LogP contribution in [0.5, 0.6) is 5.75 Å². The quantitative estimate of drug-likeness (QED) is 0.256. The number of carbonyl (C=O) groups excluding carboxylic acids is 1. The van der Waals surface area contributed by atoms with Crippen molar-refractivity contribution in [2.45, 2.75) is 6.61 Å². The molecule has 1 amide bonds. The van der Waals surface area contributed by atoms with Crippen molar-refractivity contribution in [2.75, 3.05) is 5.32 Å². The number of nitrogens with zero attached hydrogens (tertiary/aromatic N) is 1. The fourth-order valence-electron chi connectivity index (χ4n) is 2.69. The number of halogens is 4. The van der Waals surface area contributed by atoms with Crippen molar-refractivity contribution in [1.29, 1.82) is 5.26 Å². The third kappa shape index (κ3) is 6.41. The molecule has 1 N–H and O–H groups in total. The summed E-state index contributed by atoms with van der Waals surface area (Å²) in [6.45, 7) is 0.107. The minimum Gasteiger partial charge on any atom is -0.487 e. The molecule has 3 aromatic carbocycles. The van der Waals surface area contributed by atoms with Crippen LogP contribution in [0.1, 0.15) is 11.1 Å². The Morgan fingerprint density at radius 1 is 1.16 bits per heavy atom. The summed E-state index contributed by atoms with van der Waals surface area (Å²) >= 11 is 12.8. The molecule has 0 fully saturated rings. The largest absolute Gasteiger partial charge is 0.487 e. The maximum absolute atomic E-state index is 13.4. The Bertz CT molecular complexity index is 1210. The maximum Gasteiger partial charge on any atom is 0.266 e. The molecule has 4 nitrogen and oxygen atoms in total. The molecule has 156 valence electrons. The Kier molecular flexibility index (Phi) is 7.85. The fourth-order valence-corrected chi connectivity index (χ4v) is 4.25. The first-order valence-electron chi connectivity index (χ1n) is 8.90. The summed E-state index contributed by atoms with van der Waals surface area (Å²) < 4.78 is 20.7. The van der Waals surface area contributed by atoms with Crippen LogP contribution in [-0.2, 0) is 11.4 Å². The van der Waals surface area contributed by atoms with Gasteiger partial charge in [-0.2, -0.15) is 5.26 Å².